The fourth-order valence-electron chi connectivity index (χ4n) is 4.05. The molecule has 116 valence electrons. The Morgan fingerprint density at radius 1 is 1.33 bits per heavy atom. The zero-order valence-electron chi connectivity index (χ0n) is 12.8. The number of halogens is 1. The normalized spacial score (nSPS) is 26.6. The van der Waals surface area contributed by atoms with Crippen LogP contribution in [-0.4, -0.2) is 25.9 Å². The van der Waals surface area contributed by atoms with Gasteiger partial charge in [0.2, 0.25) is 0 Å². The van der Waals surface area contributed by atoms with Crippen molar-refractivity contribution in [3.63, 3.8) is 0 Å². The third kappa shape index (κ3) is 2.62. The first-order valence-corrected chi connectivity index (χ1v) is 8.29. The topological polar surface area (TPSA) is 30.5 Å². The van der Waals surface area contributed by atoms with Gasteiger partial charge >= 0.3 is 0 Å². The van der Waals surface area contributed by atoms with Gasteiger partial charge in [-0.3, -0.25) is 0 Å². The van der Waals surface area contributed by atoms with Crippen molar-refractivity contribution in [3.05, 3.63) is 23.2 Å². The van der Waals surface area contributed by atoms with Gasteiger partial charge < -0.3 is 14.8 Å². The van der Waals surface area contributed by atoms with Crippen molar-refractivity contribution < 1.29 is 9.47 Å². The summed E-state index contributed by atoms with van der Waals surface area (Å²) in [6.07, 6.45) is 6.72. The quantitative estimate of drug-likeness (QED) is 0.868. The Hall–Kier alpha value is -0.930. The Kier molecular flexibility index (Phi) is 4.32. The summed E-state index contributed by atoms with van der Waals surface area (Å²) in [6, 6.07) is 6.42. The summed E-state index contributed by atoms with van der Waals surface area (Å²) in [6.45, 7) is 2.90. The Bertz CT molecular complexity index is 500. The average molecular weight is 310 g/mol. The standard InChI is InChI=1S/C17H24ClNO2/c1-3-21-16-11-15(17(16)8-4-5-9-17)19-12-6-7-14(20-2)13(18)10-12/h6-7,10,15-16,19H,3-5,8-9,11H2,1-2H3. The zero-order chi connectivity index (χ0) is 14.9. The van der Waals surface area contributed by atoms with Crippen LogP contribution in [0.15, 0.2) is 18.2 Å². The molecular weight excluding hydrogens is 286 g/mol. The lowest BCUT2D eigenvalue weighted by Crippen LogP contribution is -2.60. The summed E-state index contributed by atoms with van der Waals surface area (Å²) >= 11 is 6.21. The van der Waals surface area contributed by atoms with Gasteiger partial charge in [-0.1, -0.05) is 24.4 Å². The predicted molar refractivity (Wildman–Crippen MR) is 86.3 cm³/mol. The summed E-state index contributed by atoms with van der Waals surface area (Å²) in [4.78, 5) is 0. The van der Waals surface area contributed by atoms with Crippen LogP contribution >= 0.6 is 11.6 Å². The first-order valence-electron chi connectivity index (χ1n) is 7.91. The number of anilines is 1. The number of hydrogen-bond donors (Lipinski definition) is 1. The van der Waals surface area contributed by atoms with E-state index in [1.807, 2.05) is 18.2 Å². The minimum Gasteiger partial charge on any atom is -0.495 e. The van der Waals surface area contributed by atoms with Gasteiger partial charge in [0.25, 0.3) is 0 Å². The molecule has 1 spiro atoms. The van der Waals surface area contributed by atoms with Crippen LogP contribution in [0.1, 0.15) is 39.0 Å². The highest BCUT2D eigenvalue weighted by molar-refractivity contribution is 6.32. The van der Waals surface area contributed by atoms with E-state index in [1.54, 1.807) is 7.11 Å². The molecule has 0 aliphatic heterocycles. The van der Waals surface area contributed by atoms with E-state index in [1.165, 1.54) is 25.7 Å². The second kappa shape index (κ2) is 6.05. The van der Waals surface area contributed by atoms with Crippen LogP contribution in [0.25, 0.3) is 0 Å². The summed E-state index contributed by atoms with van der Waals surface area (Å²) in [7, 11) is 1.64. The van der Waals surface area contributed by atoms with E-state index < -0.39 is 0 Å². The van der Waals surface area contributed by atoms with Gasteiger partial charge in [-0.2, -0.15) is 0 Å². The number of nitrogens with one attached hydrogen (secondary N) is 1. The number of rotatable bonds is 5. The first-order chi connectivity index (χ1) is 10.2. The van der Waals surface area contributed by atoms with Crippen molar-refractivity contribution in [2.24, 2.45) is 5.41 Å². The molecule has 2 fully saturated rings. The van der Waals surface area contributed by atoms with Crippen LogP contribution in [0.4, 0.5) is 5.69 Å². The van der Waals surface area contributed by atoms with E-state index in [0.29, 0.717) is 22.6 Å². The highest BCUT2D eigenvalue weighted by Crippen LogP contribution is 2.55. The molecule has 4 heteroatoms. The van der Waals surface area contributed by atoms with Gasteiger partial charge in [-0.15, -0.1) is 0 Å². The van der Waals surface area contributed by atoms with Crippen molar-refractivity contribution in [1.82, 2.24) is 0 Å². The molecule has 2 aliphatic carbocycles. The van der Waals surface area contributed by atoms with Gasteiger partial charge in [0.15, 0.2) is 0 Å². The number of methoxy groups -OCH3 is 1. The van der Waals surface area contributed by atoms with E-state index in [-0.39, 0.29) is 0 Å². The molecule has 0 radical (unpaired) electrons. The lowest BCUT2D eigenvalue weighted by molar-refractivity contribution is -0.114. The minimum atomic E-state index is 0.336. The molecule has 1 aromatic carbocycles. The molecule has 2 saturated carbocycles. The van der Waals surface area contributed by atoms with E-state index in [9.17, 15) is 0 Å². The lowest BCUT2D eigenvalue weighted by Gasteiger charge is -2.54. The summed E-state index contributed by atoms with van der Waals surface area (Å²) < 4.78 is 11.2. The largest absolute Gasteiger partial charge is 0.495 e. The molecule has 1 N–H and O–H groups in total. The van der Waals surface area contributed by atoms with Gasteiger partial charge in [0, 0.05) is 23.8 Å². The van der Waals surface area contributed by atoms with Gasteiger partial charge in [-0.05, 0) is 44.4 Å². The molecule has 0 heterocycles. The van der Waals surface area contributed by atoms with Crippen molar-refractivity contribution >= 4 is 17.3 Å². The van der Waals surface area contributed by atoms with Crippen LogP contribution in [-0.2, 0) is 4.74 Å². The first kappa shape index (κ1) is 15.0. The number of benzene rings is 1. The molecule has 0 saturated heterocycles. The van der Waals surface area contributed by atoms with E-state index in [4.69, 9.17) is 21.1 Å². The Labute approximate surface area is 132 Å². The van der Waals surface area contributed by atoms with Crippen LogP contribution in [0.2, 0.25) is 5.02 Å². The molecule has 0 bridgehead atoms. The molecule has 0 aromatic heterocycles. The Morgan fingerprint density at radius 3 is 2.71 bits per heavy atom. The zero-order valence-corrected chi connectivity index (χ0v) is 13.6. The lowest BCUT2D eigenvalue weighted by atomic mass is 9.60. The molecule has 2 unspecified atom stereocenters. The Morgan fingerprint density at radius 2 is 2.10 bits per heavy atom. The van der Waals surface area contributed by atoms with Crippen molar-refractivity contribution in [1.29, 1.82) is 0 Å². The molecule has 21 heavy (non-hydrogen) atoms. The molecule has 1 aromatic rings. The maximum absolute atomic E-state index is 6.21. The van der Waals surface area contributed by atoms with Gasteiger partial charge in [0.1, 0.15) is 5.75 Å². The number of ether oxygens (including phenoxy) is 2. The summed E-state index contributed by atoms with van der Waals surface area (Å²) in [5.41, 5.74) is 1.41. The third-order valence-electron chi connectivity index (χ3n) is 5.18. The van der Waals surface area contributed by atoms with E-state index in [2.05, 4.69) is 12.2 Å². The van der Waals surface area contributed by atoms with Crippen LogP contribution < -0.4 is 10.1 Å². The average Bonchev–Trinajstić information content (AvgIpc) is 2.99. The monoisotopic (exact) mass is 309 g/mol. The molecule has 2 atom stereocenters. The molecular formula is C17H24ClNO2. The SMILES string of the molecule is CCOC1CC(Nc2ccc(OC)c(Cl)c2)C12CCCC2. The number of hydrogen-bond acceptors (Lipinski definition) is 3. The Balaban J connectivity index is 1.72. The summed E-state index contributed by atoms with van der Waals surface area (Å²) in [5, 5.41) is 4.33. The highest BCUT2D eigenvalue weighted by atomic mass is 35.5. The van der Waals surface area contributed by atoms with E-state index >= 15 is 0 Å². The van der Waals surface area contributed by atoms with Crippen molar-refractivity contribution in [2.45, 2.75) is 51.2 Å². The molecule has 3 nitrogen and oxygen atoms in total. The minimum absolute atomic E-state index is 0.336. The molecule has 3 rings (SSSR count). The third-order valence-corrected chi connectivity index (χ3v) is 5.48. The van der Waals surface area contributed by atoms with Crippen molar-refractivity contribution in [2.75, 3.05) is 19.0 Å². The predicted octanol–water partition coefficient (Wildman–Crippen LogP) is 4.50. The fraction of sp³-hybridized carbons (Fsp3) is 0.647. The van der Waals surface area contributed by atoms with Crippen LogP contribution in [0.5, 0.6) is 5.75 Å². The maximum Gasteiger partial charge on any atom is 0.137 e. The second-order valence-electron chi connectivity index (χ2n) is 6.17. The van der Waals surface area contributed by atoms with Gasteiger partial charge in [-0.25, -0.2) is 0 Å². The van der Waals surface area contributed by atoms with Crippen LogP contribution in [0.3, 0.4) is 0 Å². The molecule has 0 amide bonds. The highest BCUT2D eigenvalue weighted by Gasteiger charge is 2.56. The van der Waals surface area contributed by atoms with E-state index in [0.717, 1.165) is 24.5 Å². The smallest absolute Gasteiger partial charge is 0.137 e. The van der Waals surface area contributed by atoms with Crippen LogP contribution in [0, 0.1) is 5.41 Å². The molecule has 2 aliphatic rings. The fourth-order valence-corrected chi connectivity index (χ4v) is 4.30. The maximum atomic E-state index is 6.21. The summed E-state index contributed by atoms with van der Waals surface area (Å²) in [5.74, 6) is 0.721. The van der Waals surface area contributed by atoms with Gasteiger partial charge in [0.05, 0.1) is 18.2 Å². The second-order valence-corrected chi connectivity index (χ2v) is 6.57. The van der Waals surface area contributed by atoms with Crippen molar-refractivity contribution in [3.8, 4) is 5.75 Å².